The van der Waals surface area contributed by atoms with E-state index in [0.29, 0.717) is 31.4 Å². The Bertz CT molecular complexity index is 668. The SMILES string of the molecule is O=CCCc1ccc2c(c1)C(=O)N(C1CCC(=O)NC1=O)C2. The molecule has 3 rings (SSSR count). The van der Waals surface area contributed by atoms with Crippen LogP contribution in [-0.2, 0) is 27.3 Å². The molecular formula is C16H16N2O4. The molecule has 1 atom stereocenters. The van der Waals surface area contributed by atoms with Gasteiger partial charge in [-0.25, -0.2) is 0 Å². The molecule has 1 saturated heterocycles. The maximum atomic E-state index is 12.5. The number of benzene rings is 1. The van der Waals surface area contributed by atoms with Crippen LogP contribution in [0, 0.1) is 0 Å². The second-order valence-corrected chi connectivity index (χ2v) is 5.60. The van der Waals surface area contributed by atoms with Gasteiger partial charge in [-0.05, 0) is 30.0 Å². The van der Waals surface area contributed by atoms with Crippen molar-refractivity contribution in [2.75, 3.05) is 0 Å². The van der Waals surface area contributed by atoms with Crippen LogP contribution in [0.4, 0.5) is 0 Å². The zero-order valence-electron chi connectivity index (χ0n) is 12.0. The number of nitrogens with one attached hydrogen (secondary N) is 1. The summed E-state index contributed by atoms with van der Waals surface area (Å²) < 4.78 is 0. The number of carbonyl (C=O) groups excluding carboxylic acids is 4. The summed E-state index contributed by atoms with van der Waals surface area (Å²) in [6.07, 6.45) is 2.49. The molecule has 1 N–H and O–H groups in total. The summed E-state index contributed by atoms with van der Waals surface area (Å²) in [7, 11) is 0. The molecule has 6 heteroatoms. The first-order valence-corrected chi connectivity index (χ1v) is 7.30. The van der Waals surface area contributed by atoms with E-state index in [4.69, 9.17) is 0 Å². The fourth-order valence-electron chi connectivity index (χ4n) is 2.98. The molecule has 2 aliphatic rings. The first-order valence-electron chi connectivity index (χ1n) is 7.30. The molecule has 0 radical (unpaired) electrons. The molecule has 1 aromatic carbocycles. The minimum Gasteiger partial charge on any atom is -0.322 e. The van der Waals surface area contributed by atoms with Gasteiger partial charge in [0.2, 0.25) is 11.8 Å². The van der Waals surface area contributed by atoms with E-state index in [1.807, 2.05) is 12.1 Å². The van der Waals surface area contributed by atoms with Gasteiger partial charge in [-0.2, -0.15) is 0 Å². The van der Waals surface area contributed by atoms with E-state index in [0.717, 1.165) is 17.4 Å². The predicted octanol–water partition coefficient (Wildman–Crippen LogP) is 0.579. The third kappa shape index (κ3) is 2.52. The molecule has 114 valence electrons. The highest BCUT2D eigenvalue weighted by Gasteiger charge is 2.38. The van der Waals surface area contributed by atoms with Gasteiger partial charge in [-0.3, -0.25) is 19.7 Å². The van der Waals surface area contributed by atoms with Crippen molar-refractivity contribution in [1.29, 1.82) is 0 Å². The molecule has 0 saturated carbocycles. The molecule has 3 amide bonds. The topological polar surface area (TPSA) is 83.6 Å². The summed E-state index contributed by atoms with van der Waals surface area (Å²) in [4.78, 5) is 47.7. The lowest BCUT2D eigenvalue weighted by Crippen LogP contribution is -2.52. The monoisotopic (exact) mass is 300 g/mol. The summed E-state index contributed by atoms with van der Waals surface area (Å²) in [5.41, 5.74) is 2.40. The summed E-state index contributed by atoms with van der Waals surface area (Å²) in [5, 5.41) is 2.28. The van der Waals surface area contributed by atoms with E-state index in [-0.39, 0.29) is 18.2 Å². The van der Waals surface area contributed by atoms with Crippen LogP contribution in [0.15, 0.2) is 18.2 Å². The van der Waals surface area contributed by atoms with Gasteiger partial charge < -0.3 is 9.69 Å². The number of aryl methyl sites for hydroxylation is 1. The third-order valence-electron chi connectivity index (χ3n) is 4.14. The minimum atomic E-state index is -0.587. The molecule has 1 aromatic rings. The number of imide groups is 1. The van der Waals surface area contributed by atoms with E-state index in [1.165, 1.54) is 4.90 Å². The van der Waals surface area contributed by atoms with Crippen molar-refractivity contribution >= 4 is 24.0 Å². The lowest BCUT2D eigenvalue weighted by atomic mass is 10.0. The van der Waals surface area contributed by atoms with Crippen LogP contribution in [-0.4, -0.2) is 34.9 Å². The smallest absolute Gasteiger partial charge is 0.255 e. The molecule has 1 unspecified atom stereocenters. The van der Waals surface area contributed by atoms with Crippen LogP contribution in [0.5, 0.6) is 0 Å². The lowest BCUT2D eigenvalue weighted by Gasteiger charge is -2.29. The van der Waals surface area contributed by atoms with Gasteiger partial charge in [0.05, 0.1) is 0 Å². The van der Waals surface area contributed by atoms with E-state index < -0.39 is 11.9 Å². The Kier molecular flexibility index (Phi) is 3.75. The number of carbonyl (C=O) groups is 4. The molecule has 0 bridgehead atoms. The highest BCUT2D eigenvalue weighted by atomic mass is 16.2. The zero-order valence-corrected chi connectivity index (χ0v) is 12.0. The van der Waals surface area contributed by atoms with Crippen LogP contribution in [0.1, 0.15) is 40.7 Å². The molecule has 0 aliphatic carbocycles. The number of amides is 3. The molecule has 6 nitrogen and oxygen atoms in total. The van der Waals surface area contributed by atoms with Crippen molar-refractivity contribution in [2.45, 2.75) is 38.3 Å². The largest absolute Gasteiger partial charge is 0.322 e. The highest BCUT2D eigenvalue weighted by Crippen LogP contribution is 2.28. The summed E-state index contributed by atoms with van der Waals surface area (Å²) in [6.45, 7) is 0.383. The van der Waals surface area contributed by atoms with Crippen LogP contribution in [0.2, 0.25) is 0 Å². The number of rotatable bonds is 4. The Hall–Kier alpha value is -2.50. The molecule has 2 aliphatic heterocycles. The van der Waals surface area contributed by atoms with Gasteiger partial charge in [-0.15, -0.1) is 0 Å². The van der Waals surface area contributed by atoms with E-state index in [9.17, 15) is 19.2 Å². The van der Waals surface area contributed by atoms with Gasteiger partial charge >= 0.3 is 0 Å². The minimum absolute atomic E-state index is 0.183. The average molecular weight is 300 g/mol. The van der Waals surface area contributed by atoms with Gasteiger partial charge in [0, 0.05) is 24.9 Å². The number of aldehydes is 1. The van der Waals surface area contributed by atoms with Crippen molar-refractivity contribution in [3.05, 3.63) is 34.9 Å². The maximum absolute atomic E-state index is 12.5. The summed E-state index contributed by atoms with van der Waals surface area (Å²) in [5.74, 6) is -0.877. The highest BCUT2D eigenvalue weighted by molar-refractivity contribution is 6.05. The maximum Gasteiger partial charge on any atom is 0.255 e. The molecule has 2 heterocycles. The second kappa shape index (κ2) is 5.71. The number of hydrogen-bond acceptors (Lipinski definition) is 4. The van der Waals surface area contributed by atoms with E-state index >= 15 is 0 Å². The average Bonchev–Trinajstić information content (AvgIpc) is 2.82. The zero-order chi connectivity index (χ0) is 15.7. The standard InChI is InChI=1S/C16H16N2O4/c19-7-1-2-10-3-4-11-9-18(16(22)12(11)8-10)13-5-6-14(20)17-15(13)21/h3-4,7-8,13H,1-2,5-6,9H2,(H,17,20,21). The second-order valence-electron chi connectivity index (χ2n) is 5.60. The van der Waals surface area contributed by atoms with Crippen LogP contribution in [0.25, 0.3) is 0 Å². The molecular weight excluding hydrogens is 284 g/mol. The first-order chi connectivity index (χ1) is 10.6. The van der Waals surface area contributed by atoms with Gasteiger partial charge in [0.1, 0.15) is 12.3 Å². The molecule has 0 aromatic heterocycles. The Morgan fingerprint density at radius 2 is 2.09 bits per heavy atom. The summed E-state index contributed by atoms with van der Waals surface area (Å²) in [6, 6.07) is 4.99. The normalized spacial score (nSPS) is 20.8. The summed E-state index contributed by atoms with van der Waals surface area (Å²) >= 11 is 0. The van der Waals surface area contributed by atoms with E-state index in [2.05, 4.69) is 5.32 Å². The Balaban J connectivity index is 1.80. The van der Waals surface area contributed by atoms with Crippen molar-refractivity contribution in [2.24, 2.45) is 0 Å². The van der Waals surface area contributed by atoms with Crippen LogP contribution >= 0.6 is 0 Å². The number of hydrogen-bond donors (Lipinski definition) is 1. The Labute approximate surface area is 127 Å². The van der Waals surface area contributed by atoms with Crippen molar-refractivity contribution < 1.29 is 19.2 Å². The van der Waals surface area contributed by atoms with Crippen LogP contribution in [0.3, 0.4) is 0 Å². The van der Waals surface area contributed by atoms with Crippen molar-refractivity contribution in [3.8, 4) is 0 Å². The van der Waals surface area contributed by atoms with Gasteiger partial charge in [0.25, 0.3) is 5.91 Å². The van der Waals surface area contributed by atoms with Gasteiger partial charge in [-0.1, -0.05) is 12.1 Å². The fourth-order valence-corrected chi connectivity index (χ4v) is 2.98. The Morgan fingerprint density at radius 1 is 1.27 bits per heavy atom. The van der Waals surface area contributed by atoms with Crippen molar-refractivity contribution in [1.82, 2.24) is 10.2 Å². The quantitative estimate of drug-likeness (QED) is 0.651. The number of piperidine rings is 1. The lowest BCUT2D eigenvalue weighted by molar-refractivity contribution is -0.136. The number of nitrogens with zero attached hydrogens (tertiary/aromatic N) is 1. The number of fused-ring (bicyclic) bond motifs is 1. The molecule has 1 fully saturated rings. The first kappa shape index (κ1) is 14.4. The van der Waals surface area contributed by atoms with Gasteiger partial charge in [0.15, 0.2) is 0 Å². The molecule has 0 spiro atoms. The van der Waals surface area contributed by atoms with Crippen molar-refractivity contribution in [3.63, 3.8) is 0 Å². The third-order valence-corrected chi connectivity index (χ3v) is 4.14. The predicted molar refractivity (Wildman–Crippen MR) is 76.9 cm³/mol. The molecule has 22 heavy (non-hydrogen) atoms. The fraction of sp³-hybridized carbons (Fsp3) is 0.375. The van der Waals surface area contributed by atoms with Crippen LogP contribution < -0.4 is 5.32 Å². The Morgan fingerprint density at radius 3 is 2.82 bits per heavy atom. The van der Waals surface area contributed by atoms with E-state index in [1.54, 1.807) is 6.07 Å².